The maximum absolute atomic E-state index is 9.77. The zero-order valence-electron chi connectivity index (χ0n) is 5.74. The summed E-state index contributed by atoms with van der Waals surface area (Å²) in [6.07, 6.45) is 1.25. The van der Waals surface area contributed by atoms with Crippen molar-refractivity contribution in [1.29, 1.82) is 5.26 Å². The first-order valence-electron chi connectivity index (χ1n) is 2.87. The molecule has 1 rings (SSSR count). The number of halogens is 1. The van der Waals surface area contributed by atoms with Crippen LogP contribution in [0.25, 0.3) is 0 Å². The lowest BCUT2D eigenvalue weighted by molar-refractivity contribution is 0.433. The minimum absolute atomic E-state index is 0.0503. The van der Waals surface area contributed by atoms with Crippen LogP contribution in [0.3, 0.4) is 0 Å². The third-order valence-electron chi connectivity index (χ3n) is 1.07. The van der Waals surface area contributed by atoms with Crippen LogP contribution >= 0.6 is 11.6 Å². The summed E-state index contributed by atoms with van der Waals surface area (Å²) < 4.78 is 4.28. The molecule has 1 radical (unpaired) electrons. The molecule has 0 atom stereocenters. The lowest BCUT2D eigenvalue weighted by Crippen LogP contribution is -1.92. The van der Waals surface area contributed by atoms with Crippen molar-refractivity contribution >= 4 is 18.1 Å². The standard InChI is InChI=1S/C7H2ClN2O2/c8-6-1-5(2-9)3-10-7(6)12-4-11/h1,3H. The van der Waals surface area contributed by atoms with Gasteiger partial charge in [-0.3, -0.25) is 0 Å². The van der Waals surface area contributed by atoms with Crippen molar-refractivity contribution in [2.45, 2.75) is 0 Å². The van der Waals surface area contributed by atoms with Crippen LogP contribution in [0.4, 0.5) is 0 Å². The molecule has 59 valence electrons. The van der Waals surface area contributed by atoms with Crippen LogP contribution in [0.5, 0.6) is 5.88 Å². The van der Waals surface area contributed by atoms with E-state index < -0.39 is 0 Å². The Kier molecular flexibility index (Phi) is 2.62. The Labute approximate surface area is 73.4 Å². The van der Waals surface area contributed by atoms with Crippen LogP contribution in [0.1, 0.15) is 5.56 Å². The molecule has 0 fully saturated rings. The van der Waals surface area contributed by atoms with Crippen LogP contribution < -0.4 is 4.74 Å². The van der Waals surface area contributed by atoms with Gasteiger partial charge in [0.15, 0.2) is 0 Å². The van der Waals surface area contributed by atoms with Crippen molar-refractivity contribution in [2.75, 3.05) is 0 Å². The van der Waals surface area contributed by atoms with Crippen molar-refractivity contribution in [3.63, 3.8) is 0 Å². The number of nitrogens with zero attached hydrogens (tertiary/aromatic N) is 2. The number of hydrogen-bond acceptors (Lipinski definition) is 4. The second-order valence-electron chi connectivity index (χ2n) is 1.81. The van der Waals surface area contributed by atoms with Gasteiger partial charge in [-0.25, -0.2) is 9.78 Å². The van der Waals surface area contributed by atoms with E-state index in [0.29, 0.717) is 5.56 Å². The molecule has 0 aliphatic heterocycles. The molecule has 0 aliphatic carbocycles. The normalized spacial score (nSPS) is 8.67. The molecule has 1 aromatic rings. The number of pyridine rings is 1. The molecule has 0 saturated carbocycles. The first-order chi connectivity index (χ1) is 5.77. The van der Waals surface area contributed by atoms with Gasteiger partial charge < -0.3 is 4.74 Å². The predicted molar refractivity (Wildman–Crippen MR) is 40.3 cm³/mol. The van der Waals surface area contributed by atoms with Gasteiger partial charge >= 0.3 is 6.47 Å². The number of aromatic nitrogens is 1. The van der Waals surface area contributed by atoms with Gasteiger partial charge in [0.1, 0.15) is 11.1 Å². The van der Waals surface area contributed by atoms with Gasteiger partial charge in [0.25, 0.3) is 0 Å². The highest BCUT2D eigenvalue weighted by Crippen LogP contribution is 2.21. The van der Waals surface area contributed by atoms with Gasteiger partial charge in [0.05, 0.1) is 5.56 Å². The highest BCUT2D eigenvalue weighted by Gasteiger charge is 2.03. The molecule has 0 aromatic carbocycles. The lowest BCUT2D eigenvalue weighted by Gasteiger charge is -1.97. The topological polar surface area (TPSA) is 63.0 Å². The molecule has 0 bridgehead atoms. The van der Waals surface area contributed by atoms with Crippen molar-refractivity contribution in [3.8, 4) is 11.9 Å². The fourth-order valence-corrected chi connectivity index (χ4v) is 0.806. The van der Waals surface area contributed by atoms with Gasteiger partial charge in [-0.05, 0) is 6.07 Å². The van der Waals surface area contributed by atoms with Gasteiger partial charge in [-0.1, -0.05) is 11.6 Å². The highest BCUT2D eigenvalue weighted by atomic mass is 35.5. The predicted octanol–water partition coefficient (Wildman–Crippen LogP) is 1.05. The largest absolute Gasteiger partial charge is 0.424 e. The molecule has 0 N–H and O–H groups in total. The summed E-state index contributed by atoms with van der Waals surface area (Å²) in [5.74, 6) is -0.0503. The second-order valence-corrected chi connectivity index (χ2v) is 2.22. The van der Waals surface area contributed by atoms with Gasteiger partial charge in [-0.2, -0.15) is 5.26 Å². The molecule has 1 aromatic heterocycles. The van der Waals surface area contributed by atoms with Crippen molar-refractivity contribution < 1.29 is 9.53 Å². The smallest absolute Gasteiger partial charge is 0.397 e. The molecular weight excluding hydrogens is 180 g/mol. The molecule has 0 spiro atoms. The number of carbonyl (C=O) groups excluding carboxylic acids is 1. The van der Waals surface area contributed by atoms with E-state index in [-0.39, 0.29) is 10.9 Å². The van der Waals surface area contributed by atoms with Crippen molar-refractivity contribution in [3.05, 3.63) is 22.8 Å². The maximum Gasteiger partial charge on any atom is 0.424 e. The van der Waals surface area contributed by atoms with E-state index in [9.17, 15) is 4.79 Å². The summed E-state index contributed by atoms with van der Waals surface area (Å²) in [5, 5.41) is 8.52. The average Bonchev–Trinajstić information content (AvgIpc) is 2.09. The third kappa shape index (κ3) is 1.71. The first-order valence-corrected chi connectivity index (χ1v) is 3.25. The zero-order chi connectivity index (χ0) is 8.97. The van der Waals surface area contributed by atoms with E-state index >= 15 is 0 Å². The summed E-state index contributed by atoms with van der Waals surface area (Å²) in [6, 6.07) is 3.18. The Morgan fingerprint density at radius 1 is 1.67 bits per heavy atom. The minimum atomic E-state index is -0.0503. The Morgan fingerprint density at radius 3 is 2.92 bits per heavy atom. The Morgan fingerprint density at radius 2 is 2.42 bits per heavy atom. The molecule has 1 heterocycles. The molecule has 5 heteroatoms. The maximum atomic E-state index is 9.77. The fraction of sp³-hybridized carbons (Fsp3) is 0. The zero-order valence-corrected chi connectivity index (χ0v) is 6.50. The van der Waals surface area contributed by atoms with Crippen LogP contribution in [-0.4, -0.2) is 11.5 Å². The van der Waals surface area contributed by atoms with E-state index in [4.69, 9.17) is 16.9 Å². The molecule has 4 nitrogen and oxygen atoms in total. The summed E-state index contributed by atoms with van der Waals surface area (Å²) in [7, 11) is 0. The van der Waals surface area contributed by atoms with Crippen molar-refractivity contribution in [2.24, 2.45) is 0 Å². The molecule has 0 aliphatic rings. The molecular formula is C7H2ClN2O2. The fourth-order valence-electron chi connectivity index (χ4n) is 0.601. The number of rotatable bonds is 2. The summed E-state index contributed by atoms with van der Waals surface area (Å²) >= 11 is 5.57. The van der Waals surface area contributed by atoms with Crippen molar-refractivity contribution in [1.82, 2.24) is 4.98 Å². The molecule has 0 amide bonds. The monoisotopic (exact) mass is 181 g/mol. The van der Waals surface area contributed by atoms with E-state index in [1.165, 1.54) is 18.7 Å². The van der Waals surface area contributed by atoms with Crippen LogP contribution in [0, 0.1) is 11.3 Å². The number of hydrogen-bond donors (Lipinski definition) is 0. The van der Waals surface area contributed by atoms with Gasteiger partial charge in [-0.15, -0.1) is 0 Å². The summed E-state index contributed by atoms with van der Waals surface area (Å²) in [5.41, 5.74) is 0.304. The minimum Gasteiger partial charge on any atom is -0.397 e. The van der Waals surface area contributed by atoms with Gasteiger partial charge in [0.2, 0.25) is 5.88 Å². The quantitative estimate of drug-likeness (QED) is 0.684. The Balaban J connectivity index is 3.04. The summed E-state index contributed by atoms with van der Waals surface area (Å²) in [6.45, 7) is 1.18. The van der Waals surface area contributed by atoms with E-state index in [2.05, 4.69) is 9.72 Å². The molecule has 0 unspecified atom stereocenters. The molecule has 0 saturated heterocycles. The van der Waals surface area contributed by atoms with E-state index in [1.807, 2.05) is 6.07 Å². The average molecular weight is 182 g/mol. The number of ether oxygens (including phenoxy) is 1. The highest BCUT2D eigenvalue weighted by molar-refractivity contribution is 6.32. The van der Waals surface area contributed by atoms with Crippen LogP contribution in [0.15, 0.2) is 12.3 Å². The Hall–Kier alpha value is -1.60. The van der Waals surface area contributed by atoms with Crippen LogP contribution in [-0.2, 0) is 4.79 Å². The van der Waals surface area contributed by atoms with E-state index in [1.54, 1.807) is 0 Å². The number of nitriles is 1. The van der Waals surface area contributed by atoms with Crippen LogP contribution in [0.2, 0.25) is 5.02 Å². The second kappa shape index (κ2) is 3.69. The molecule has 12 heavy (non-hydrogen) atoms. The summed E-state index contributed by atoms with van der Waals surface area (Å²) in [4.78, 5) is 13.4. The third-order valence-corrected chi connectivity index (χ3v) is 1.35. The lowest BCUT2D eigenvalue weighted by atomic mass is 10.3. The van der Waals surface area contributed by atoms with Gasteiger partial charge in [0, 0.05) is 6.20 Å². The Bertz CT molecular complexity index is 346. The van der Waals surface area contributed by atoms with E-state index in [0.717, 1.165) is 0 Å². The SMILES string of the molecule is N#Cc1cnc(O[C]=O)c(Cl)c1. The first kappa shape index (κ1) is 8.50.